The number of halogens is 1. The van der Waals surface area contributed by atoms with Crippen LogP contribution in [0.1, 0.15) is 31.7 Å². The van der Waals surface area contributed by atoms with E-state index in [0.29, 0.717) is 12.5 Å². The number of hydrogen-bond donors (Lipinski definition) is 2. The fourth-order valence-electron chi connectivity index (χ4n) is 2.77. The molecule has 0 unspecified atom stereocenters. The second-order valence-electron chi connectivity index (χ2n) is 5.08. The van der Waals surface area contributed by atoms with E-state index in [1.54, 1.807) is 0 Å². The lowest BCUT2D eigenvalue weighted by Gasteiger charge is -2.17. The minimum absolute atomic E-state index is 0. The Balaban J connectivity index is 0.00000180. The first kappa shape index (κ1) is 16.0. The molecule has 1 aromatic rings. The number of hydrogen-bond acceptors (Lipinski definition) is 2. The quantitative estimate of drug-likeness (QED) is 0.892. The normalized spacial score (nSPS) is 21.8. The molecule has 0 radical (unpaired) electrons. The molecular formula is C15H23ClN2O. The molecule has 0 heterocycles. The zero-order valence-corrected chi connectivity index (χ0v) is 12.2. The van der Waals surface area contributed by atoms with Crippen LogP contribution >= 0.6 is 12.4 Å². The lowest BCUT2D eigenvalue weighted by molar-refractivity contribution is -0.120. The fraction of sp³-hybridized carbons (Fsp3) is 0.533. The molecule has 19 heavy (non-hydrogen) atoms. The molecule has 2 rings (SSSR count). The zero-order chi connectivity index (χ0) is 13.0. The molecule has 0 aliphatic heterocycles. The molecule has 1 amide bonds. The van der Waals surface area contributed by atoms with Crippen molar-refractivity contribution in [2.75, 3.05) is 11.9 Å². The minimum Gasteiger partial charge on any atom is -0.330 e. The number of aryl methyl sites for hydroxylation is 1. The number of benzene rings is 1. The molecule has 3 nitrogen and oxygen atoms in total. The van der Waals surface area contributed by atoms with Crippen molar-refractivity contribution in [2.45, 2.75) is 32.6 Å². The van der Waals surface area contributed by atoms with E-state index in [0.717, 1.165) is 31.4 Å². The molecule has 1 saturated carbocycles. The highest BCUT2D eigenvalue weighted by Crippen LogP contribution is 2.31. The molecular weight excluding hydrogens is 260 g/mol. The molecule has 2 atom stereocenters. The van der Waals surface area contributed by atoms with E-state index in [2.05, 4.69) is 18.3 Å². The lowest BCUT2D eigenvalue weighted by Crippen LogP contribution is -2.29. The van der Waals surface area contributed by atoms with Crippen LogP contribution in [-0.4, -0.2) is 12.5 Å². The molecule has 3 N–H and O–H groups in total. The van der Waals surface area contributed by atoms with E-state index < -0.39 is 0 Å². The molecule has 0 spiro atoms. The Hall–Kier alpha value is -1.06. The Morgan fingerprint density at radius 2 is 2.21 bits per heavy atom. The molecule has 0 bridgehead atoms. The molecule has 0 aromatic heterocycles. The van der Waals surface area contributed by atoms with Crippen molar-refractivity contribution >= 4 is 24.0 Å². The van der Waals surface area contributed by atoms with E-state index in [9.17, 15) is 4.79 Å². The third-order valence-corrected chi connectivity index (χ3v) is 3.90. The summed E-state index contributed by atoms with van der Waals surface area (Å²) in [7, 11) is 0. The summed E-state index contributed by atoms with van der Waals surface area (Å²) in [5.41, 5.74) is 7.87. The van der Waals surface area contributed by atoms with Crippen LogP contribution in [0.25, 0.3) is 0 Å². The van der Waals surface area contributed by atoms with E-state index in [-0.39, 0.29) is 24.2 Å². The van der Waals surface area contributed by atoms with E-state index in [4.69, 9.17) is 5.73 Å². The predicted molar refractivity (Wildman–Crippen MR) is 81.6 cm³/mol. The minimum atomic E-state index is 0. The highest BCUT2D eigenvalue weighted by atomic mass is 35.5. The van der Waals surface area contributed by atoms with Gasteiger partial charge in [0.1, 0.15) is 0 Å². The van der Waals surface area contributed by atoms with Crippen molar-refractivity contribution < 1.29 is 4.79 Å². The zero-order valence-electron chi connectivity index (χ0n) is 11.4. The lowest BCUT2D eigenvalue weighted by atomic mass is 9.95. The van der Waals surface area contributed by atoms with E-state index in [1.807, 2.05) is 18.2 Å². The average Bonchev–Trinajstić information content (AvgIpc) is 2.87. The third kappa shape index (κ3) is 3.95. The smallest absolute Gasteiger partial charge is 0.227 e. The summed E-state index contributed by atoms with van der Waals surface area (Å²) >= 11 is 0. The maximum Gasteiger partial charge on any atom is 0.227 e. The van der Waals surface area contributed by atoms with Gasteiger partial charge in [-0.25, -0.2) is 0 Å². The van der Waals surface area contributed by atoms with E-state index in [1.165, 1.54) is 5.56 Å². The number of rotatable bonds is 4. The van der Waals surface area contributed by atoms with Crippen LogP contribution in [-0.2, 0) is 11.2 Å². The van der Waals surface area contributed by atoms with Crippen LogP contribution in [0.2, 0.25) is 0 Å². The summed E-state index contributed by atoms with van der Waals surface area (Å²) in [5, 5.41) is 3.03. The Bertz CT molecular complexity index is 422. The van der Waals surface area contributed by atoms with Gasteiger partial charge in [-0.2, -0.15) is 0 Å². The molecule has 1 aromatic carbocycles. The summed E-state index contributed by atoms with van der Waals surface area (Å²) in [6.45, 7) is 2.73. The van der Waals surface area contributed by atoms with Gasteiger partial charge in [0.05, 0.1) is 0 Å². The Morgan fingerprint density at radius 1 is 1.42 bits per heavy atom. The molecule has 106 valence electrons. The van der Waals surface area contributed by atoms with Crippen molar-refractivity contribution in [1.29, 1.82) is 0 Å². The van der Waals surface area contributed by atoms with Gasteiger partial charge in [0, 0.05) is 11.6 Å². The molecule has 0 saturated heterocycles. The van der Waals surface area contributed by atoms with Crippen molar-refractivity contribution in [1.82, 2.24) is 0 Å². The molecule has 1 aliphatic rings. The third-order valence-electron chi connectivity index (χ3n) is 3.90. The van der Waals surface area contributed by atoms with Gasteiger partial charge >= 0.3 is 0 Å². The monoisotopic (exact) mass is 282 g/mol. The average molecular weight is 283 g/mol. The summed E-state index contributed by atoms with van der Waals surface area (Å²) in [6, 6.07) is 8.06. The van der Waals surface area contributed by atoms with Crippen LogP contribution in [0.15, 0.2) is 24.3 Å². The summed E-state index contributed by atoms with van der Waals surface area (Å²) < 4.78 is 0. The van der Waals surface area contributed by atoms with Crippen LogP contribution in [0, 0.1) is 11.8 Å². The first-order valence-electron chi connectivity index (χ1n) is 6.84. The molecule has 1 aliphatic carbocycles. The largest absolute Gasteiger partial charge is 0.330 e. The number of amides is 1. The van der Waals surface area contributed by atoms with Gasteiger partial charge < -0.3 is 11.1 Å². The van der Waals surface area contributed by atoms with Crippen LogP contribution in [0.5, 0.6) is 0 Å². The number of carbonyl (C=O) groups is 1. The maximum absolute atomic E-state index is 12.2. The SMILES string of the molecule is CCc1cccc(NC(=O)[C@@H]2CCC[C@@H]2CN)c1.Cl. The topological polar surface area (TPSA) is 55.1 Å². The van der Waals surface area contributed by atoms with Crippen LogP contribution in [0.3, 0.4) is 0 Å². The van der Waals surface area contributed by atoms with Crippen LogP contribution in [0.4, 0.5) is 5.69 Å². The fourth-order valence-corrected chi connectivity index (χ4v) is 2.77. The molecule has 4 heteroatoms. The standard InChI is InChI=1S/C15H22N2O.ClH/c1-2-11-5-3-7-13(9-11)17-15(18)14-8-4-6-12(14)10-16;/h3,5,7,9,12,14H,2,4,6,8,10,16H2,1H3,(H,17,18);1H/t12-,14-;/m1./s1. The van der Waals surface area contributed by atoms with Crippen molar-refractivity contribution in [3.63, 3.8) is 0 Å². The second-order valence-corrected chi connectivity index (χ2v) is 5.08. The summed E-state index contributed by atoms with van der Waals surface area (Å²) in [5.74, 6) is 0.593. The number of anilines is 1. The van der Waals surface area contributed by atoms with Gasteiger partial charge in [0.15, 0.2) is 0 Å². The Morgan fingerprint density at radius 3 is 2.89 bits per heavy atom. The Kier molecular flexibility index (Phi) is 6.32. The van der Waals surface area contributed by atoms with Gasteiger partial charge in [-0.1, -0.05) is 25.5 Å². The van der Waals surface area contributed by atoms with Gasteiger partial charge in [-0.15, -0.1) is 12.4 Å². The van der Waals surface area contributed by atoms with Gasteiger partial charge in [-0.3, -0.25) is 4.79 Å². The number of carbonyl (C=O) groups excluding carboxylic acids is 1. The molecule has 1 fully saturated rings. The highest BCUT2D eigenvalue weighted by Gasteiger charge is 2.31. The maximum atomic E-state index is 12.2. The number of nitrogens with one attached hydrogen (secondary N) is 1. The van der Waals surface area contributed by atoms with E-state index >= 15 is 0 Å². The predicted octanol–water partition coefficient (Wildman–Crippen LogP) is 2.98. The highest BCUT2D eigenvalue weighted by molar-refractivity contribution is 5.93. The Labute approximate surface area is 121 Å². The van der Waals surface area contributed by atoms with Crippen molar-refractivity contribution in [2.24, 2.45) is 17.6 Å². The van der Waals surface area contributed by atoms with Gasteiger partial charge in [-0.05, 0) is 49.4 Å². The van der Waals surface area contributed by atoms with Crippen molar-refractivity contribution in [3.8, 4) is 0 Å². The first-order valence-corrected chi connectivity index (χ1v) is 6.84. The van der Waals surface area contributed by atoms with Gasteiger partial charge in [0.25, 0.3) is 0 Å². The summed E-state index contributed by atoms with van der Waals surface area (Å²) in [6.07, 6.45) is 4.16. The van der Waals surface area contributed by atoms with Crippen molar-refractivity contribution in [3.05, 3.63) is 29.8 Å². The number of nitrogens with two attached hydrogens (primary N) is 1. The second kappa shape index (κ2) is 7.51. The van der Waals surface area contributed by atoms with Crippen LogP contribution < -0.4 is 11.1 Å². The van der Waals surface area contributed by atoms with Gasteiger partial charge in [0.2, 0.25) is 5.91 Å². The first-order chi connectivity index (χ1) is 8.74. The summed E-state index contributed by atoms with van der Waals surface area (Å²) in [4.78, 5) is 12.2.